The molecule has 0 bridgehead atoms. The van der Waals surface area contributed by atoms with Crippen molar-refractivity contribution in [2.75, 3.05) is 13.1 Å². The fraction of sp³-hybridized carbons (Fsp3) is 0.517. The highest BCUT2D eigenvalue weighted by molar-refractivity contribution is 7.99. The van der Waals surface area contributed by atoms with E-state index >= 15 is 0 Å². The van der Waals surface area contributed by atoms with Crippen LogP contribution < -0.4 is 0 Å². The molecule has 1 spiro atoms. The van der Waals surface area contributed by atoms with Crippen LogP contribution in [0.1, 0.15) is 80.5 Å². The normalized spacial score (nSPS) is 21.5. The largest absolute Gasteiger partial charge is 0.409 e. The Morgan fingerprint density at radius 2 is 1.75 bits per heavy atom. The average Bonchev–Trinajstić information content (AvgIpc) is 3.51. The lowest BCUT2D eigenvalue weighted by Gasteiger charge is -2.47. The first-order valence-corrected chi connectivity index (χ1v) is 15.0. The van der Waals surface area contributed by atoms with Gasteiger partial charge in [0.25, 0.3) is 0 Å². The molecule has 4 nitrogen and oxygen atoms in total. The van der Waals surface area contributed by atoms with Crippen LogP contribution in [-0.2, 0) is 26.5 Å². The fourth-order valence-electron chi connectivity index (χ4n) is 5.70. The predicted octanol–water partition coefficient (Wildman–Crippen LogP) is 8.75. The Hall–Kier alpha value is -1.81. The van der Waals surface area contributed by atoms with E-state index in [9.17, 15) is 22.4 Å². The van der Waals surface area contributed by atoms with E-state index in [2.05, 4.69) is 11.3 Å². The third kappa shape index (κ3) is 5.39. The predicted molar refractivity (Wildman–Crippen MR) is 150 cm³/mol. The SMILES string of the molecule is CCCCCCCCC(=O)N1CC2(C1)OCc1cc(C3=NS[C@@](c4cc(Cl)c(F)c(Cl)c4)(C(F)(F)F)C3)ccc12. The molecule has 216 valence electrons. The molecular formula is C29H30Cl2F4N2O2S. The maximum absolute atomic E-state index is 14.5. The molecule has 5 rings (SSSR count). The van der Waals surface area contributed by atoms with Crippen molar-refractivity contribution in [2.24, 2.45) is 4.40 Å². The van der Waals surface area contributed by atoms with Gasteiger partial charge in [-0.05, 0) is 58.8 Å². The third-order valence-corrected chi connectivity index (χ3v) is 9.84. The van der Waals surface area contributed by atoms with Gasteiger partial charge in [-0.1, -0.05) is 74.4 Å². The molecule has 2 aromatic carbocycles. The summed E-state index contributed by atoms with van der Waals surface area (Å²) in [4.78, 5) is 14.5. The number of fused-ring (bicyclic) bond motifs is 2. The van der Waals surface area contributed by atoms with Crippen molar-refractivity contribution in [1.29, 1.82) is 0 Å². The van der Waals surface area contributed by atoms with E-state index in [-0.39, 0.29) is 17.2 Å². The zero-order valence-electron chi connectivity index (χ0n) is 22.1. The van der Waals surface area contributed by atoms with Crippen molar-refractivity contribution in [3.05, 3.63) is 68.4 Å². The number of carbonyl (C=O) groups is 1. The Kier molecular flexibility index (Phi) is 8.50. The summed E-state index contributed by atoms with van der Waals surface area (Å²) in [6, 6.07) is 7.39. The van der Waals surface area contributed by atoms with Crippen LogP contribution in [0.3, 0.4) is 0 Å². The molecule has 0 aromatic heterocycles. The first kappa shape index (κ1) is 29.7. The number of halogens is 6. The Bertz CT molecular complexity index is 1310. The first-order chi connectivity index (χ1) is 19.0. The zero-order chi connectivity index (χ0) is 28.7. The highest BCUT2D eigenvalue weighted by Gasteiger charge is 2.60. The molecule has 0 N–H and O–H groups in total. The van der Waals surface area contributed by atoms with Crippen LogP contribution in [0.25, 0.3) is 0 Å². The molecule has 11 heteroatoms. The maximum Gasteiger partial charge on any atom is 0.409 e. The van der Waals surface area contributed by atoms with Gasteiger partial charge in [0.15, 0.2) is 10.6 Å². The smallest absolute Gasteiger partial charge is 0.362 e. The van der Waals surface area contributed by atoms with Crippen LogP contribution in [-0.4, -0.2) is 35.8 Å². The second kappa shape index (κ2) is 11.5. The molecule has 1 saturated heterocycles. The minimum absolute atomic E-state index is 0.136. The van der Waals surface area contributed by atoms with Gasteiger partial charge >= 0.3 is 6.18 Å². The van der Waals surface area contributed by atoms with Gasteiger partial charge in [-0.15, -0.1) is 0 Å². The van der Waals surface area contributed by atoms with Gasteiger partial charge in [0, 0.05) is 12.8 Å². The van der Waals surface area contributed by atoms with Crippen molar-refractivity contribution >= 4 is 46.8 Å². The first-order valence-electron chi connectivity index (χ1n) is 13.5. The number of ether oxygens (including phenoxy) is 1. The lowest BCUT2D eigenvalue weighted by molar-refractivity contribution is -0.168. The van der Waals surface area contributed by atoms with Crippen LogP contribution in [0.15, 0.2) is 34.7 Å². The van der Waals surface area contributed by atoms with E-state index in [1.54, 1.807) is 6.07 Å². The number of unbranched alkanes of at least 4 members (excludes halogenated alkanes) is 5. The van der Waals surface area contributed by atoms with Gasteiger partial charge in [-0.3, -0.25) is 4.79 Å². The lowest BCUT2D eigenvalue weighted by atomic mass is 9.83. The molecule has 0 aliphatic carbocycles. The summed E-state index contributed by atoms with van der Waals surface area (Å²) in [6.07, 6.45) is 2.13. The van der Waals surface area contributed by atoms with Crippen molar-refractivity contribution in [3.8, 4) is 0 Å². The second-order valence-electron chi connectivity index (χ2n) is 10.8. The van der Waals surface area contributed by atoms with Gasteiger partial charge in [0.05, 0.1) is 35.5 Å². The maximum atomic E-state index is 14.5. The third-order valence-electron chi connectivity index (χ3n) is 8.06. The van der Waals surface area contributed by atoms with Gasteiger partial charge in [0.2, 0.25) is 5.91 Å². The minimum atomic E-state index is -4.70. The molecule has 1 amide bonds. The Balaban J connectivity index is 1.26. The summed E-state index contributed by atoms with van der Waals surface area (Å²) < 4.78 is 65.2. The number of carbonyl (C=O) groups excluding carboxylic acids is 1. The number of alkyl halides is 3. The molecule has 3 aliphatic heterocycles. The van der Waals surface area contributed by atoms with Crippen LogP contribution in [0.4, 0.5) is 17.6 Å². The number of rotatable bonds is 9. The van der Waals surface area contributed by atoms with E-state index in [1.165, 1.54) is 19.3 Å². The van der Waals surface area contributed by atoms with Gasteiger partial charge < -0.3 is 9.64 Å². The fourth-order valence-corrected chi connectivity index (χ4v) is 7.15. The minimum Gasteiger partial charge on any atom is -0.362 e. The van der Waals surface area contributed by atoms with Crippen molar-refractivity contribution in [2.45, 2.75) is 81.4 Å². The van der Waals surface area contributed by atoms with E-state index in [4.69, 9.17) is 27.9 Å². The Morgan fingerprint density at radius 3 is 2.42 bits per heavy atom. The molecular weight excluding hydrogens is 587 g/mol. The zero-order valence-corrected chi connectivity index (χ0v) is 24.4. The summed E-state index contributed by atoms with van der Waals surface area (Å²) >= 11 is 12.1. The number of amides is 1. The average molecular weight is 618 g/mol. The van der Waals surface area contributed by atoms with E-state index < -0.39 is 38.8 Å². The van der Waals surface area contributed by atoms with Gasteiger partial charge in [-0.2, -0.15) is 13.2 Å². The van der Waals surface area contributed by atoms with E-state index in [0.29, 0.717) is 43.6 Å². The molecule has 2 aromatic rings. The molecule has 40 heavy (non-hydrogen) atoms. The van der Waals surface area contributed by atoms with Crippen molar-refractivity contribution in [3.63, 3.8) is 0 Å². The summed E-state index contributed by atoms with van der Waals surface area (Å²) in [7, 11) is 0. The molecule has 0 unspecified atom stereocenters. The topological polar surface area (TPSA) is 41.9 Å². The molecule has 0 radical (unpaired) electrons. The quantitative estimate of drug-likeness (QED) is 0.122. The standard InChI is InChI=1S/C29H30Cl2F4N2O2S/c1-2-3-4-5-6-7-8-25(38)37-16-27(17-37)21-10-9-18(11-19(21)15-39-27)24-14-28(40-36-24,29(33,34)35)20-12-22(30)26(32)23(31)13-20/h9-13H,2-8,14-17H2,1H3/t28-/m0/s1. The van der Waals surface area contributed by atoms with E-state index in [0.717, 1.165) is 42.5 Å². The lowest BCUT2D eigenvalue weighted by Crippen LogP contribution is -2.61. The Morgan fingerprint density at radius 1 is 1.07 bits per heavy atom. The summed E-state index contributed by atoms with van der Waals surface area (Å²) in [6.45, 7) is 3.45. The second-order valence-corrected chi connectivity index (χ2v) is 12.7. The highest BCUT2D eigenvalue weighted by Crippen LogP contribution is 2.57. The number of nitrogens with zero attached hydrogens (tertiary/aromatic N) is 2. The van der Waals surface area contributed by atoms with Crippen molar-refractivity contribution < 1.29 is 27.1 Å². The van der Waals surface area contributed by atoms with Crippen LogP contribution in [0.5, 0.6) is 0 Å². The van der Waals surface area contributed by atoms with Gasteiger partial charge in [0.1, 0.15) is 5.60 Å². The van der Waals surface area contributed by atoms with Gasteiger partial charge in [-0.25, -0.2) is 8.79 Å². The Labute approximate surface area is 245 Å². The molecule has 3 heterocycles. The number of hydrogen-bond acceptors (Lipinski definition) is 4. The van der Waals surface area contributed by atoms with E-state index in [1.807, 2.05) is 17.0 Å². The number of benzene rings is 2. The summed E-state index contributed by atoms with van der Waals surface area (Å²) in [5.74, 6) is -0.823. The highest BCUT2D eigenvalue weighted by atomic mass is 35.5. The van der Waals surface area contributed by atoms with Crippen LogP contribution in [0.2, 0.25) is 10.0 Å². The molecule has 0 saturated carbocycles. The van der Waals surface area contributed by atoms with Crippen LogP contribution >= 0.6 is 35.1 Å². The summed E-state index contributed by atoms with van der Waals surface area (Å²) in [5, 5.41) is -0.944. The van der Waals surface area contributed by atoms with Crippen LogP contribution in [0, 0.1) is 5.82 Å². The molecule has 3 aliphatic rings. The van der Waals surface area contributed by atoms with Crippen molar-refractivity contribution in [1.82, 2.24) is 4.90 Å². The molecule has 1 fully saturated rings. The molecule has 1 atom stereocenters. The summed E-state index contributed by atoms with van der Waals surface area (Å²) in [5.41, 5.74) is 1.87. The number of hydrogen-bond donors (Lipinski definition) is 0. The number of likely N-dealkylation sites (tertiary alicyclic amines) is 1. The monoisotopic (exact) mass is 616 g/mol.